The summed E-state index contributed by atoms with van der Waals surface area (Å²) in [7, 11) is 0. The number of esters is 1. The Balaban J connectivity index is 1.65. The van der Waals surface area contributed by atoms with Gasteiger partial charge in [0.15, 0.2) is 6.10 Å². The fourth-order valence-electron chi connectivity index (χ4n) is 4.02. The van der Waals surface area contributed by atoms with Gasteiger partial charge in [0.05, 0.1) is 18.0 Å². The normalized spacial score (nSPS) is 14.7. The van der Waals surface area contributed by atoms with Crippen LogP contribution in [0.4, 0.5) is 9.80 Å². The van der Waals surface area contributed by atoms with E-state index < -0.39 is 30.1 Å². The van der Waals surface area contributed by atoms with Crippen molar-refractivity contribution in [3.63, 3.8) is 0 Å². The average molecular weight is 469 g/mol. The Morgan fingerprint density at radius 3 is 2.64 bits per heavy atom. The molecule has 2 atom stereocenters. The first kappa shape index (κ1) is 24.3. The largest absolute Gasteiger partial charge is 0.452 e. The third kappa shape index (κ3) is 6.11. The van der Waals surface area contributed by atoms with Crippen LogP contribution >= 0.6 is 11.3 Å². The summed E-state index contributed by atoms with van der Waals surface area (Å²) in [5.74, 6) is -1.16. The molecule has 1 aromatic carbocycles. The van der Waals surface area contributed by atoms with Crippen LogP contribution in [0, 0.1) is 18.3 Å². The molecule has 1 aliphatic rings. The summed E-state index contributed by atoms with van der Waals surface area (Å²) in [6, 6.07) is 8.09. The lowest BCUT2D eigenvalue weighted by molar-refractivity contribution is -0.153. The monoisotopic (exact) mass is 468 g/mol. The number of nitriles is 1. The number of carbonyl (C=O) groups is 3. The van der Waals surface area contributed by atoms with Crippen molar-refractivity contribution in [1.29, 1.82) is 5.26 Å². The van der Waals surface area contributed by atoms with Gasteiger partial charge < -0.3 is 21.1 Å². The summed E-state index contributed by atoms with van der Waals surface area (Å²) in [5, 5.41) is 15.5. The van der Waals surface area contributed by atoms with E-state index in [0.717, 1.165) is 53.7 Å². The van der Waals surface area contributed by atoms with Crippen LogP contribution in [-0.2, 0) is 27.2 Å². The van der Waals surface area contributed by atoms with Crippen molar-refractivity contribution in [3.8, 4) is 6.07 Å². The zero-order chi connectivity index (χ0) is 24.0. The van der Waals surface area contributed by atoms with Crippen LogP contribution in [0.15, 0.2) is 24.3 Å². The molecule has 1 aromatic heterocycles. The molecule has 2 aromatic rings. The first-order chi connectivity index (χ1) is 15.8. The van der Waals surface area contributed by atoms with Gasteiger partial charge in [0.2, 0.25) is 0 Å². The maximum Gasteiger partial charge on any atom is 0.312 e. The zero-order valence-electron chi connectivity index (χ0n) is 18.8. The number of benzene rings is 1. The lowest BCUT2D eigenvalue weighted by Crippen LogP contribution is -2.36. The van der Waals surface area contributed by atoms with Gasteiger partial charge in [-0.05, 0) is 56.2 Å². The second kappa shape index (κ2) is 11.0. The Hall–Kier alpha value is -3.38. The Morgan fingerprint density at radius 2 is 1.94 bits per heavy atom. The number of urea groups is 1. The quantitative estimate of drug-likeness (QED) is 0.419. The lowest BCUT2D eigenvalue weighted by Gasteiger charge is -2.20. The van der Waals surface area contributed by atoms with Crippen LogP contribution in [-0.4, -0.2) is 24.0 Å². The number of ether oxygens (including phenoxy) is 1. The molecule has 174 valence electrons. The third-order valence-corrected chi connectivity index (χ3v) is 6.91. The number of anilines is 1. The zero-order valence-corrected chi connectivity index (χ0v) is 19.6. The maximum atomic E-state index is 12.7. The molecular formula is C24H28N4O4S. The number of nitrogens with one attached hydrogen (secondary N) is 2. The Bertz CT molecular complexity index is 1090. The van der Waals surface area contributed by atoms with Gasteiger partial charge in [-0.15, -0.1) is 11.3 Å². The molecule has 0 radical (unpaired) electrons. The van der Waals surface area contributed by atoms with Crippen LogP contribution < -0.4 is 16.4 Å². The molecule has 0 bridgehead atoms. The highest BCUT2D eigenvalue weighted by Gasteiger charge is 2.26. The molecule has 1 aliphatic carbocycles. The van der Waals surface area contributed by atoms with Crippen molar-refractivity contribution in [2.45, 2.75) is 64.5 Å². The van der Waals surface area contributed by atoms with Gasteiger partial charge in [0.25, 0.3) is 5.91 Å². The summed E-state index contributed by atoms with van der Waals surface area (Å²) < 4.78 is 5.33. The molecule has 3 amide bonds. The van der Waals surface area contributed by atoms with Crippen molar-refractivity contribution < 1.29 is 19.1 Å². The van der Waals surface area contributed by atoms with Crippen molar-refractivity contribution in [1.82, 2.24) is 5.32 Å². The molecule has 33 heavy (non-hydrogen) atoms. The number of hydrogen-bond donors (Lipinski definition) is 3. The van der Waals surface area contributed by atoms with Gasteiger partial charge in [-0.25, -0.2) is 4.79 Å². The van der Waals surface area contributed by atoms with Crippen LogP contribution in [0.5, 0.6) is 0 Å². The molecule has 2 unspecified atom stereocenters. The summed E-state index contributed by atoms with van der Waals surface area (Å²) in [4.78, 5) is 37.9. The van der Waals surface area contributed by atoms with Gasteiger partial charge in [-0.1, -0.05) is 30.7 Å². The van der Waals surface area contributed by atoms with E-state index in [4.69, 9.17) is 10.5 Å². The van der Waals surface area contributed by atoms with Crippen LogP contribution in [0.2, 0.25) is 0 Å². The minimum absolute atomic E-state index is 0.178. The summed E-state index contributed by atoms with van der Waals surface area (Å²) >= 11 is 1.42. The number of thiophene rings is 1. The van der Waals surface area contributed by atoms with E-state index >= 15 is 0 Å². The third-order valence-electron chi connectivity index (χ3n) is 5.70. The number of nitrogens with two attached hydrogens (primary N) is 1. The molecule has 0 spiro atoms. The van der Waals surface area contributed by atoms with E-state index in [9.17, 15) is 19.6 Å². The molecular weight excluding hydrogens is 440 g/mol. The Morgan fingerprint density at radius 1 is 1.21 bits per heavy atom. The van der Waals surface area contributed by atoms with Crippen molar-refractivity contribution in [2.75, 3.05) is 5.32 Å². The van der Waals surface area contributed by atoms with E-state index in [1.54, 1.807) is 12.1 Å². The van der Waals surface area contributed by atoms with Crippen molar-refractivity contribution in [3.05, 3.63) is 51.4 Å². The summed E-state index contributed by atoms with van der Waals surface area (Å²) in [6.45, 7) is 3.34. The first-order valence-electron chi connectivity index (χ1n) is 11.0. The van der Waals surface area contributed by atoms with E-state index in [1.807, 2.05) is 19.1 Å². The fourth-order valence-corrected chi connectivity index (χ4v) is 5.26. The average Bonchev–Trinajstić information content (AvgIpc) is 2.92. The second-order valence-electron chi connectivity index (χ2n) is 8.12. The van der Waals surface area contributed by atoms with E-state index in [-0.39, 0.29) is 6.42 Å². The van der Waals surface area contributed by atoms with E-state index in [0.29, 0.717) is 10.6 Å². The van der Waals surface area contributed by atoms with Crippen molar-refractivity contribution >= 4 is 34.2 Å². The molecule has 0 saturated carbocycles. The highest BCUT2D eigenvalue weighted by Crippen LogP contribution is 2.37. The molecule has 0 fully saturated rings. The number of rotatable bonds is 7. The topological polar surface area (TPSA) is 134 Å². The summed E-state index contributed by atoms with van der Waals surface area (Å²) in [5.41, 5.74) is 8.44. The number of amides is 3. The van der Waals surface area contributed by atoms with Gasteiger partial charge in [-0.2, -0.15) is 5.26 Å². The smallest absolute Gasteiger partial charge is 0.312 e. The SMILES string of the molecule is Cc1ccccc1C(CC(=O)OC(C)C(=O)Nc1sc2c(c1C#N)CCCCC2)NC(N)=O. The van der Waals surface area contributed by atoms with Crippen molar-refractivity contribution in [2.24, 2.45) is 5.73 Å². The van der Waals surface area contributed by atoms with Crippen LogP contribution in [0.3, 0.4) is 0 Å². The Kier molecular flexibility index (Phi) is 8.06. The molecule has 0 aliphatic heterocycles. The molecule has 8 nitrogen and oxygen atoms in total. The molecule has 0 saturated heterocycles. The number of hydrogen-bond acceptors (Lipinski definition) is 6. The number of primary amides is 1. The number of aryl methyl sites for hydroxylation is 2. The lowest BCUT2D eigenvalue weighted by atomic mass is 9.99. The van der Waals surface area contributed by atoms with E-state index in [1.165, 1.54) is 18.3 Å². The highest BCUT2D eigenvalue weighted by molar-refractivity contribution is 7.16. The summed E-state index contributed by atoms with van der Waals surface area (Å²) in [6.07, 6.45) is 3.72. The minimum Gasteiger partial charge on any atom is -0.452 e. The highest BCUT2D eigenvalue weighted by atomic mass is 32.1. The first-order valence-corrected chi connectivity index (χ1v) is 11.8. The molecule has 3 rings (SSSR count). The predicted molar refractivity (Wildman–Crippen MR) is 126 cm³/mol. The Labute approximate surface area is 197 Å². The number of carbonyl (C=O) groups excluding carboxylic acids is 3. The standard InChI is InChI=1S/C24H28N4O4S/c1-14-8-6-7-9-16(14)19(27-24(26)31)12-21(29)32-15(2)22(30)28-23-18(13-25)17-10-4-3-5-11-20(17)33-23/h6-9,15,19H,3-5,10-12H2,1-2H3,(H,28,30)(H3,26,27,31). The van der Waals surface area contributed by atoms with Crippen LogP contribution in [0.25, 0.3) is 0 Å². The molecule has 1 heterocycles. The number of fused-ring (bicyclic) bond motifs is 1. The number of nitrogens with zero attached hydrogens (tertiary/aromatic N) is 1. The molecule has 9 heteroatoms. The van der Waals surface area contributed by atoms with Crippen LogP contribution in [0.1, 0.15) is 65.8 Å². The van der Waals surface area contributed by atoms with Gasteiger partial charge >= 0.3 is 12.0 Å². The molecule has 4 N–H and O–H groups in total. The minimum atomic E-state index is -1.07. The van der Waals surface area contributed by atoms with Gasteiger partial charge in [0, 0.05) is 4.88 Å². The fraction of sp³-hybridized carbons (Fsp3) is 0.417. The second-order valence-corrected chi connectivity index (χ2v) is 9.23. The van der Waals surface area contributed by atoms with Gasteiger partial charge in [0.1, 0.15) is 11.1 Å². The maximum absolute atomic E-state index is 12.7. The van der Waals surface area contributed by atoms with E-state index in [2.05, 4.69) is 16.7 Å². The predicted octanol–water partition coefficient (Wildman–Crippen LogP) is 3.87. The van der Waals surface area contributed by atoms with Gasteiger partial charge in [-0.3, -0.25) is 9.59 Å².